The minimum absolute atomic E-state index is 1.14. The molecule has 0 aliphatic rings. The summed E-state index contributed by atoms with van der Waals surface area (Å²) < 4.78 is 5.10. The molecule has 0 aliphatic carbocycles. The molecule has 0 radical (unpaired) electrons. The molecule has 3 heteroatoms. The average molecular weight is 819 g/mol. The quantitative estimate of drug-likeness (QED) is 0.107. The number of nitrogens with zero attached hydrogens (tertiary/aromatic N) is 2. The molecular formula is C60H42N2Si. The van der Waals surface area contributed by atoms with Crippen molar-refractivity contribution < 1.29 is 0 Å². The Morgan fingerprint density at radius 3 is 1.30 bits per heavy atom. The maximum Gasteiger partial charge on any atom is 0.180 e. The third-order valence-electron chi connectivity index (χ3n) is 13.1. The molecule has 63 heavy (non-hydrogen) atoms. The summed E-state index contributed by atoms with van der Waals surface area (Å²) >= 11 is 0. The van der Waals surface area contributed by atoms with E-state index in [1.807, 2.05) is 0 Å². The molecule has 0 saturated carbocycles. The zero-order valence-corrected chi connectivity index (χ0v) is 35.6. The number of rotatable bonds is 8. The second kappa shape index (κ2) is 15.2. The van der Waals surface area contributed by atoms with Crippen LogP contribution in [-0.2, 0) is 0 Å². The van der Waals surface area contributed by atoms with E-state index in [2.05, 4.69) is 264 Å². The van der Waals surface area contributed by atoms with Crippen LogP contribution >= 0.6 is 0 Å². The highest BCUT2D eigenvalue weighted by Gasteiger charge is 2.43. The van der Waals surface area contributed by atoms with Gasteiger partial charge in [0.2, 0.25) is 0 Å². The molecule has 0 unspecified atom stereocenters. The zero-order chi connectivity index (χ0) is 41.7. The third-order valence-corrected chi connectivity index (χ3v) is 17.9. The fraction of sp³-hybridized carbons (Fsp3) is 0. The second-order valence-corrected chi connectivity index (χ2v) is 20.1. The lowest BCUT2D eigenvalue weighted by atomic mass is 9.98. The van der Waals surface area contributed by atoms with Crippen molar-refractivity contribution in [2.45, 2.75) is 0 Å². The molecule has 0 spiro atoms. The number of hydrogen-bond acceptors (Lipinski definition) is 0. The first-order valence-corrected chi connectivity index (χ1v) is 23.8. The number of fused-ring (bicyclic) bond motifs is 6. The van der Waals surface area contributed by atoms with E-state index in [-0.39, 0.29) is 0 Å². The standard InChI is InChI=1S/C60H42N2Si/c1-6-23-43(24-7-1)48-33-16-19-36-52(48)62-54-38-21-17-34-50(54)58-49(44-25-8-2-9-26-44)41-42-56(60(58)62)61-53-37-20-18-35-51(53)59-55(61)39-22-40-57(59)63(45-27-10-3-11-28-45,46-29-12-4-13-30-46)47-31-14-5-15-32-47/h1-42H. The summed E-state index contributed by atoms with van der Waals surface area (Å²) in [7, 11) is -2.93. The van der Waals surface area contributed by atoms with Crippen LogP contribution in [0.5, 0.6) is 0 Å². The van der Waals surface area contributed by atoms with Crippen molar-refractivity contribution in [2.75, 3.05) is 0 Å². The summed E-state index contributed by atoms with van der Waals surface area (Å²) in [6.45, 7) is 0. The predicted molar refractivity (Wildman–Crippen MR) is 270 cm³/mol. The van der Waals surface area contributed by atoms with Crippen molar-refractivity contribution in [2.24, 2.45) is 0 Å². The smallest absolute Gasteiger partial charge is 0.180 e. The Kier molecular flexibility index (Phi) is 8.87. The molecular weight excluding hydrogens is 777 g/mol. The normalized spacial score (nSPS) is 11.8. The summed E-state index contributed by atoms with van der Waals surface area (Å²) in [5.74, 6) is 0. The van der Waals surface area contributed by atoms with Crippen LogP contribution in [0.1, 0.15) is 0 Å². The zero-order valence-electron chi connectivity index (χ0n) is 34.6. The van der Waals surface area contributed by atoms with Gasteiger partial charge < -0.3 is 9.13 Å². The monoisotopic (exact) mass is 818 g/mol. The Morgan fingerprint density at radius 2 is 0.714 bits per heavy atom. The first kappa shape index (κ1) is 36.8. The lowest BCUT2D eigenvalue weighted by Gasteiger charge is -2.35. The molecule has 12 aromatic rings. The van der Waals surface area contributed by atoms with Crippen molar-refractivity contribution in [3.8, 4) is 33.6 Å². The maximum atomic E-state index is 2.56. The molecule has 0 amide bonds. The number of benzene rings is 10. The highest BCUT2D eigenvalue weighted by atomic mass is 28.3. The summed E-state index contributed by atoms with van der Waals surface area (Å²) in [5, 5.41) is 10.5. The first-order chi connectivity index (χ1) is 31.3. The SMILES string of the molecule is c1ccc(-c2ccccc2-n2c3ccccc3c3c(-c4ccccc4)ccc(-n4c5ccccc5c5c([Si](c6ccccc6)(c6ccccc6)c6ccccc6)cccc54)c32)cc1. The molecule has 296 valence electrons. The van der Waals surface area contributed by atoms with Crippen LogP contribution in [0.15, 0.2) is 255 Å². The van der Waals surface area contributed by atoms with Crippen molar-refractivity contribution in [1.29, 1.82) is 0 Å². The summed E-state index contributed by atoms with van der Waals surface area (Å²) in [6.07, 6.45) is 0. The van der Waals surface area contributed by atoms with E-state index in [1.54, 1.807) is 0 Å². The average Bonchev–Trinajstić information content (AvgIpc) is 3.90. The molecule has 0 bridgehead atoms. The Labute approximate surface area is 368 Å². The Hall–Kier alpha value is -7.98. The van der Waals surface area contributed by atoms with Crippen molar-refractivity contribution in [3.05, 3.63) is 255 Å². The van der Waals surface area contributed by atoms with Crippen LogP contribution in [0.4, 0.5) is 0 Å². The Morgan fingerprint density at radius 1 is 0.270 bits per heavy atom. The predicted octanol–water partition coefficient (Wildman–Crippen LogP) is 12.6. The highest BCUT2D eigenvalue weighted by Crippen LogP contribution is 2.45. The van der Waals surface area contributed by atoms with Gasteiger partial charge in [-0.3, -0.25) is 0 Å². The third kappa shape index (κ3) is 5.71. The van der Waals surface area contributed by atoms with Gasteiger partial charge in [0.15, 0.2) is 8.07 Å². The van der Waals surface area contributed by atoms with Crippen molar-refractivity contribution >= 4 is 72.4 Å². The van der Waals surface area contributed by atoms with Gasteiger partial charge in [0.05, 0.1) is 33.4 Å². The molecule has 0 atom stereocenters. The van der Waals surface area contributed by atoms with Crippen molar-refractivity contribution in [1.82, 2.24) is 9.13 Å². The molecule has 2 heterocycles. The maximum absolute atomic E-state index is 2.93. The van der Waals surface area contributed by atoms with Gasteiger partial charge in [0.25, 0.3) is 0 Å². The van der Waals surface area contributed by atoms with E-state index in [0.717, 1.165) is 11.4 Å². The van der Waals surface area contributed by atoms with Crippen LogP contribution in [0.3, 0.4) is 0 Å². The summed E-state index contributed by atoms with van der Waals surface area (Å²) in [4.78, 5) is 0. The molecule has 0 N–H and O–H groups in total. The minimum Gasteiger partial charge on any atom is -0.307 e. The molecule has 0 aliphatic heterocycles. The molecule has 0 fully saturated rings. The number of aromatic nitrogens is 2. The van der Waals surface area contributed by atoms with Gasteiger partial charge in [-0.2, -0.15) is 0 Å². The van der Waals surface area contributed by atoms with Gasteiger partial charge in [-0.1, -0.05) is 224 Å². The van der Waals surface area contributed by atoms with Crippen LogP contribution in [0.2, 0.25) is 0 Å². The molecule has 10 aromatic carbocycles. The van der Waals surface area contributed by atoms with Gasteiger partial charge in [-0.25, -0.2) is 0 Å². The summed E-state index contributed by atoms with van der Waals surface area (Å²) in [6, 6.07) is 94.3. The van der Waals surface area contributed by atoms with E-state index in [1.165, 1.54) is 86.6 Å². The van der Waals surface area contributed by atoms with E-state index < -0.39 is 8.07 Å². The highest BCUT2D eigenvalue weighted by molar-refractivity contribution is 7.20. The van der Waals surface area contributed by atoms with Gasteiger partial charge in [-0.05, 0) is 67.8 Å². The topological polar surface area (TPSA) is 9.86 Å². The first-order valence-electron chi connectivity index (χ1n) is 21.8. The molecule has 12 rings (SSSR count). The van der Waals surface area contributed by atoms with Crippen LogP contribution < -0.4 is 20.7 Å². The molecule has 0 saturated heterocycles. The van der Waals surface area contributed by atoms with Crippen LogP contribution in [0.25, 0.3) is 77.2 Å². The molecule has 2 nitrogen and oxygen atoms in total. The summed E-state index contributed by atoms with van der Waals surface area (Å²) in [5.41, 5.74) is 11.8. The lowest BCUT2D eigenvalue weighted by Crippen LogP contribution is -2.74. The van der Waals surface area contributed by atoms with Gasteiger partial charge >= 0.3 is 0 Å². The Bertz CT molecular complexity index is 3500. The van der Waals surface area contributed by atoms with Gasteiger partial charge in [0, 0.05) is 27.1 Å². The van der Waals surface area contributed by atoms with Crippen LogP contribution in [0, 0.1) is 0 Å². The second-order valence-electron chi connectivity index (χ2n) is 16.4. The van der Waals surface area contributed by atoms with Gasteiger partial charge in [0.1, 0.15) is 0 Å². The van der Waals surface area contributed by atoms with E-state index in [4.69, 9.17) is 0 Å². The van der Waals surface area contributed by atoms with Gasteiger partial charge in [-0.15, -0.1) is 0 Å². The van der Waals surface area contributed by atoms with Crippen molar-refractivity contribution in [3.63, 3.8) is 0 Å². The Balaban J connectivity index is 1.27. The number of hydrogen-bond donors (Lipinski definition) is 0. The van der Waals surface area contributed by atoms with E-state index >= 15 is 0 Å². The van der Waals surface area contributed by atoms with E-state index in [0.29, 0.717) is 0 Å². The fourth-order valence-electron chi connectivity index (χ4n) is 10.5. The fourth-order valence-corrected chi connectivity index (χ4v) is 15.5. The lowest BCUT2D eigenvalue weighted by molar-refractivity contribution is 1.13. The minimum atomic E-state index is -2.93. The number of para-hydroxylation sites is 3. The van der Waals surface area contributed by atoms with Crippen LogP contribution in [-0.4, -0.2) is 17.2 Å². The largest absolute Gasteiger partial charge is 0.307 e. The van der Waals surface area contributed by atoms with E-state index in [9.17, 15) is 0 Å². The molecule has 2 aromatic heterocycles.